The number of rotatable bonds is 7. The molecule has 4 N–H and O–H groups in total. The average Bonchev–Trinajstić information content (AvgIpc) is 3.44. The lowest BCUT2D eigenvalue weighted by molar-refractivity contribution is -0.125. The molecule has 3 heterocycles. The van der Waals surface area contributed by atoms with Gasteiger partial charge in [-0.15, -0.1) is 22.7 Å². The molecule has 1 saturated heterocycles. The Morgan fingerprint density at radius 3 is 2.56 bits per heavy atom. The van der Waals surface area contributed by atoms with Crippen molar-refractivity contribution in [1.82, 2.24) is 19.2 Å². The Balaban J connectivity index is 1.36. The average molecular weight is 557 g/mol. The second-order valence-electron chi connectivity index (χ2n) is 7.74. The predicted molar refractivity (Wildman–Crippen MR) is 142 cm³/mol. The second kappa shape index (κ2) is 11.2. The number of aliphatic imine (C=N–C) groups is 1. The minimum absolute atomic E-state index is 0.0217. The zero-order chi connectivity index (χ0) is 24.2. The van der Waals surface area contributed by atoms with Gasteiger partial charge in [-0.2, -0.15) is 4.99 Å². The summed E-state index contributed by atoms with van der Waals surface area (Å²) in [6.07, 6.45) is 1.78. The summed E-state index contributed by atoms with van der Waals surface area (Å²) in [5.41, 5.74) is 13.4. The largest absolute Gasteiger partial charge is 0.370 e. The number of carbonyl (C=O) groups is 1. The number of aromatic nitrogens is 2. The summed E-state index contributed by atoms with van der Waals surface area (Å²) < 4.78 is 2.64. The SMILES string of the molecule is CC(=O)N(Sc1nc(-c2csc(N=C(N)N)n2)cs1)C1CCN(Cc2ccc(Cl)c(Cl)c2)CC1. The number of guanidine groups is 1. The molecule has 1 amide bonds. The molecule has 0 aliphatic carbocycles. The summed E-state index contributed by atoms with van der Waals surface area (Å²) >= 11 is 16.4. The third-order valence-electron chi connectivity index (χ3n) is 5.23. The van der Waals surface area contributed by atoms with Crippen LogP contribution in [0.5, 0.6) is 0 Å². The molecule has 4 rings (SSSR count). The number of likely N-dealkylation sites (tertiary alicyclic amines) is 1. The van der Waals surface area contributed by atoms with Gasteiger partial charge in [-0.3, -0.25) is 14.0 Å². The second-order valence-corrected chi connectivity index (χ2v) is 11.5. The Hall–Kier alpha value is -1.89. The highest BCUT2D eigenvalue weighted by Crippen LogP contribution is 2.35. The Morgan fingerprint density at radius 1 is 1.18 bits per heavy atom. The fraction of sp³-hybridized carbons (Fsp3) is 0.333. The molecular weight excluding hydrogens is 533 g/mol. The molecule has 1 fully saturated rings. The number of hydrogen-bond donors (Lipinski definition) is 2. The van der Waals surface area contributed by atoms with Crippen molar-refractivity contribution in [3.8, 4) is 11.4 Å². The van der Waals surface area contributed by atoms with Crippen molar-refractivity contribution in [3.05, 3.63) is 44.6 Å². The number of hydrogen-bond acceptors (Lipinski definition) is 8. The first-order chi connectivity index (χ1) is 16.3. The van der Waals surface area contributed by atoms with Gasteiger partial charge in [-0.1, -0.05) is 29.3 Å². The molecule has 0 saturated carbocycles. The number of halogens is 2. The van der Waals surface area contributed by atoms with Crippen LogP contribution in [-0.4, -0.2) is 50.2 Å². The number of nitrogens with zero attached hydrogens (tertiary/aromatic N) is 5. The van der Waals surface area contributed by atoms with Crippen molar-refractivity contribution in [2.45, 2.75) is 36.7 Å². The maximum Gasteiger partial charge on any atom is 0.229 e. The van der Waals surface area contributed by atoms with E-state index in [0.717, 1.165) is 48.1 Å². The van der Waals surface area contributed by atoms with Gasteiger partial charge in [0.15, 0.2) is 10.3 Å². The topological polar surface area (TPSA) is 114 Å². The third kappa shape index (κ3) is 6.41. The van der Waals surface area contributed by atoms with Crippen LogP contribution in [0.3, 0.4) is 0 Å². The Bertz CT molecular complexity index is 1190. The van der Waals surface area contributed by atoms with Gasteiger partial charge in [0.1, 0.15) is 11.4 Å². The number of amides is 1. The highest BCUT2D eigenvalue weighted by Gasteiger charge is 2.28. The lowest BCUT2D eigenvalue weighted by Crippen LogP contribution is -2.43. The first kappa shape index (κ1) is 25.2. The Kier molecular flexibility index (Phi) is 8.33. The van der Waals surface area contributed by atoms with Crippen molar-refractivity contribution in [2.24, 2.45) is 16.5 Å². The van der Waals surface area contributed by atoms with Crippen molar-refractivity contribution in [2.75, 3.05) is 13.1 Å². The monoisotopic (exact) mass is 555 g/mol. The molecule has 0 spiro atoms. The molecule has 0 radical (unpaired) electrons. The highest BCUT2D eigenvalue weighted by atomic mass is 35.5. The van der Waals surface area contributed by atoms with Crippen LogP contribution in [-0.2, 0) is 11.3 Å². The van der Waals surface area contributed by atoms with Crippen LogP contribution < -0.4 is 11.5 Å². The molecule has 8 nitrogen and oxygen atoms in total. The van der Waals surface area contributed by atoms with Crippen LogP contribution in [0.2, 0.25) is 10.0 Å². The molecule has 2 aromatic heterocycles. The van der Waals surface area contributed by atoms with Crippen molar-refractivity contribution >= 4 is 74.8 Å². The van der Waals surface area contributed by atoms with Crippen LogP contribution in [0.15, 0.2) is 38.3 Å². The van der Waals surface area contributed by atoms with E-state index in [1.165, 1.54) is 34.6 Å². The lowest BCUT2D eigenvalue weighted by atomic mass is 10.0. The van der Waals surface area contributed by atoms with E-state index in [9.17, 15) is 4.79 Å². The van der Waals surface area contributed by atoms with Crippen LogP contribution in [0.4, 0.5) is 5.13 Å². The van der Waals surface area contributed by atoms with Gasteiger partial charge in [-0.25, -0.2) is 9.97 Å². The molecule has 0 atom stereocenters. The fourth-order valence-corrected chi connectivity index (χ4v) is 6.56. The van der Waals surface area contributed by atoms with Gasteiger partial charge in [0.05, 0.1) is 10.0 Å². The molecule has 1 aliphatic rings. The van der Waals surface area contributed by atoms with Crippen molar-refractivity contribution in [1.29, 1.82) is 0 Å². The third-order valence-corrected chi connectivity index (χ3v) is 8.85. The predicted octanol–water partition coefficient (Wildman–Crippen LogP) is 5.00. The van der Waals surface area contributed by atoms with Crippen LogP contribution >= 0.6 is 57.8 Å². The standard InChI is InChI=1S/C21H23Cl2N7OS3/c1-12(31)30(14-4-6-29(7-5-14)9-13-2-3-15(22)16(23)8-13)34-21-27-18(11-33-21)17-10-32-20(26-17)28-19(24)25/h2-3,8,10-11,14H,4-7,9H2,1H3,(H4,24,25,26,28). The number of thiazole rings is 2. The van der Waals surface area contributed by atoms with E-state index in [0.29, 0.717) is 20.9 Å². The molecule has 1 aromatic carbocycles. The number of piperidine rings is 1. The Labute approximate surface area is 220 Å². The quantitative estimate of drug-likeness (QED) is 0.239. The highest BCUT2D eigenvalue weighted by molar-refractivity contribution is 7.99. The van der Waals surface area contributed by atoms with E-state index in [-0.39, 0.29) is 17.9 Å². The van der Waals surface area contributed by atoms with Gasteiger partial charge < -0.3 is 11.5 Å². The normalized spacial score (nSPS) is 14.8. The summed E-state index contributed by atoms with van der Waals surface area (Å²) in [6.45, 7) is 4.20. The molecule has 34 heavy (non-hydrogen) atoms. The van der Waals surface area contributed by atoms with Crippen LogP contribution in [0, 0.1) is 0 Å². The van der Waals surface area contributed by atoms with E-state index in [1.807, 2.05) is 33.3 Å². The molecule has 1 aliphatic heterocycles. The number of carbonyl (C=O) groups excluding carboxylic acids is 1. The molecule has 0 bridgehead atoms. The van der Waals surface area contributed by atoms with E-state index in [1.54, 1.807) is 6.92 Å². The number of benzene rings is 1. The zero-order valence-electron chi connectivity index (χ0n) is 18.3. The maximum atomic E-state index is 12.5. The smallest absolute Gasteiger partial charge is 0.229 e. The van der Waals surface area contributed by atoms with Crippen LogP contribution in [0.25, 0.3) is 11.4 Å². The van der Waals surface area contributed by atoms with E-state index in [4.69, 9.17) is 34.7 Å². The van der Waals surface area contributed by atoms with Gasteiger partial charge in [-0.05, 0) is 30.5 Å². The zero-order valence-corrected chi connectivity index (χ0v) is 22.2. The van der Waals surface area contributed by atoms with E-state index >= 15 is 0 Å². The summed E-state index contributed by atoms with van der Waals surface area (Å²) in [5.74, 6) is -0.0103. The fourth-order valence-electron chi connectivity index (χ4n) is 3.65. The lowest BCUT2D eigenvalue weighted by Gasteiger charge is -2.37. The molecular formula is C21H23Cl2N7OS3. The molecule has 13 heteroatoms. The van der Waals surface area contributed by atoms with Gasteiger partial charge in [0.2, 0.25) is 11.0 Å². The molecule has 0 unspecified atom stereocenters. The van der Waals surface area contributed by atoms with Gasteiger partial charge in [0.25, 0.3) is 0 Å². The van der Waals surface area contributed by atoms with Gasteiger partial charge in [0, 0.05) is 55.3 Å². The first-order valence-corrected chi connectivity index (χ1v) is 13.7. The van der Waals surface area contributed by atoms with Crippen LogP contribution in [0.1, 0.15) is 25.3 Å². The van der Waals surface area contributed by atoms with E-state index < -0.39 is 0 Å². The molecule has 180 valence electrons. The summed E-state index contributed by atoms with van der Waals surface area (Å²) in [5, 5.41) is 5.40. The van der Waals surface area contributed by atoms with Gasteiger partial charge >= 0.3 is 0 Å². The van der Waals surface area contributed by atoms with Crippen molar-refractivity contribution < 1.29 is 4.79 Å². The first-order valence-electron chi connectivity index (χ1n) is 10.4. The van der Waals surface area contributed by atoms with E-state index in [2.05, 4.69) is 19.9 Å². The Morgan fingerprint density at radius 2 is 1.88 bits per heavy atom. The summed E-state index contributed by atoms with van der Waals surface area (Å²) in [6, 6.07) is 5.89. The molecule has 3 aromatic rings. The van der Waals surface area contributed by atoms with Crippen molar-refractivity contribution in [3.63, 3.8) is 0 Å². The number of nitrogens with two attached hydrogens (primary N) is 2. The minimum Gasteiger partial charge on any atom is -0.370 e. The summed E-state index contributed by atoms with van der Waals surface area (Å²) in [7, 11) is 0. The minimum atomic E-state index is -0.0319. The maximum absolute atomic E-state index is 12.5. The summed E-state index contributed by atoms with van der Waals surface area (Å²) in [4.78, 5) is 27.9.